The molecule has 0 radical (unpaired) electrons. The van der Waals surface area contributed by atoms with Gasteiger partial charge in [-0.2, -0.15) is 0 Å². The molecule has 1 aliphatic heterocycles. The van der Waals surface area contributed by atoms with E-state index in [1.54, 1.807) is 30.3 Å². The van der Waals surface area contributed by atoms with Gasteiger partial charge in [0.2, 0.25) is 11.8 Å². The van der Waals surface area contributed by atoms with Gasteiger partial charge in [-0.15, -0.1) is 0 Å². The van der Waals surface area contributed by atoms with Crippen LogP contribution in [0.3, 0.4) is 0 Å². The minimum absolute atomic E-state index is 0.102. The summed E-state index contributed by atoms with van der Waals surface area (Å²) in [6, 6.07) is 11.6. The van der Waals surface area contributed by atoms with Crippen LogP contribution in [0.5, 0.6) is 5.75 Å². The van der Waals surface area contributed by atoms with Crippen LogP contribution in [0.25, 0.3) is 10.9 Å². The molecule has 8 nitrogen and oxygen atoms in total. The van der Waals surface area contributed by atoms with Crippen molar-refractivity contribution in [2.75, 3.05) is 13.7 Å². The first-order chi connectivity index (χ1) is 16.4. The summed E-state index contributed by atoms with van der Waals surface area (Å²) >= 11 is 0. The van der Waals surface area contributed by atoms with E-state index in [-0.39, 0.29) is 36.0 Å². The molecule has 1 unspecified atom stereocenters. The number of halogens is 1. The van der Waals surface area contributed by atoms with Crippen molar-refractivity contribution in [3.8, 4) is 5.75 Å². The number of aromatic amines is 1. The Labute approximate surface area is 195 Å². The van der Waals surface area contributed by atoms with Crippen molar-refractivity contribution < 1.29 is 18.7 Å². The predicted octanol–water partition coefficient (Wildman–Crippen LogP) is 2.40. The topological polar surface area (TPSA) is 113 Å². The van der Waals surface area contributed by atoms with Crippen LogP contribution in [-0.2, 0) is 22.4 Å². The van der Waals surface area contributed by atoms with Crippen LogP contribution >= 0.6 is 0 Å². The number of nitrogens with zero attached hydrogens (tertiary/aromatic N) is 1. The molecule has 1 aliphatic rings. The third kappa shape index (κ3) is 5.41. The lowest BCUT2D eigenvalue weighted by Crippen LogP contribution is -2.44. The number of carbonyl (C=O) groups excluding carboxylic acids is 2. The molecule has 4 rings (SSSR count). The molecule has 2 heterocycles. The Morgan fingerprint density at radius 1 is 1.24 bits per heavy atom. The minimum Gasteiger partial charge on any atom is -0.497 e. The normalized spacial score (nSPS) is 17.5. The maximum absolute atomic E-state index is 14.4. The maximum Gasteiger partial charge on any atom is 0.258 e. The van der Waals surface area contributed by atoms with E-state index in [0.29, 0.717) is 60.3 Å². The molecule has 2 amide bonds. The summed E-state index contributed by atoms with van der Waals surface area (Å²) in [6.07, 6.45) is 2.08. The second kappa shape index (κ2) is 10.0. The van der Waals surface area contributed by atoms with Crippen LogP contribution in [-0.4, -0.2) is 41.0 Å². The van der Waals surface area contributed by atoms with Gasteiger partial charge >= 0.3 is 0 Å². The number of para-hydroxylation sites is 1. The number of methoxy groups -OCH3 is 1. The van der Waals surface area contributed by atoms with Crippen molar-refractivity contribution >= 4 is 22.7 Å². The van der Waals surface area contributed by atoms with Crippen molar-refractivity contribution in [1.29, 1.82) is 0 Å². The van der Waals surface area contributed by atoms with Gasteiger partial charge in [-0.05, 0) is 55.2 Å². The first-order valence-electron chi connectivity index (χ1n) is 11.3. The number of rotatable bonds is 9. The van der Waals surface area contributed by atoms with Crippen molar-refractivity contribution in [2.45, 2.75) is 44.1 Å². The molecule has 1 fully saturated rings. The molecule has 178 valence electrons. The second-order valence-corrected chi connectivity index (χ2v) is 8.59. The third-order valence-corrected chi connectivity index (χ3v) is 6.19. The highest BCUT2D eigenvalue weighted by atomic mass is 19.1. The zero-order chi connectivity index (χ0) is 24.1. The van der Waals surface area contributed by atoms with E-state index in [9.17, 15) is 18.8 Å². The van der Waals surface area contributed by atoms with Gasteiger partial charge in [0.05, 0.1) is 18.0 Å². The summed E-state index contributed by atoms with van der Waals surface area (Å²) < 4.78 is 19.6. The third-order valence-electron chi connectivity index (χ3n) is 6.19. The molecular formula is C25H27FN4O4. The smallest absolute Gasteiger partial charge is 0.258 e. The summed E-state index contributed by atoms with van der Waals surface area (Å²) in [7, 11) is 1.51. The molecule has 2 aromatic carbocycles. The first kappa shape index (κ1) is 23.4. The van der Waals surface area contributed by atoms with Crippen LogP contribution in [0.2, 0.25) is 0 Å². The largest absolute Gasteiger partial charge is 0.497 e. The van der Waals surface area contributed by atoms with E-state index < -0.39 is 5.54 Å². The lowest BCUT2D eigenvalue weighted by atomic mass is 9.84. The predicted molar refractivity (Wildman–Crippen MR) is 125 cm³/mol. The fourth-order valence-electron chi connectivity index (χ4n) is 4.37. The number of carbonyl (C=O) groups is 2. The number of ether oxygens (including phenoxy) is 1. The number of fused-ring (bicyclic) bond motifs is 1. The molecular weight excluding hydrogens is 439 g/mol. The maximum atomic E-state index is 14.4. The van der Waals surface area contributed by atoms with E-state index in [4.69, 9.17) is 4.74 Å². The molecule has 0 bridgehead atoms. The van der Waals surface area contributed by atoms with Gasteiger partial charge in [0.25, 0.3) is 5.56 Å². The van der Waals surface area contributed by atoms with Crippen LogP contribution in [0.4, 0.5) is 4.39 Å². The molecule has 1 aromatic heterocycles. The van der Waals surface area contributed by atoms with E-state index in [0.717, 1.165) is 0 Å². The summed E-state index contributed by atoms with van der Waals surface area (Å²) in [5.41, 5.74) is 0.146. The van der Waals surface area contributed by atoms with Crippen LogP contribution in [0, 0.1) is 5.82 Å². The summed E-state index contributed by atoms with van der Waals surface area (Å²) in [5.74, 6) is 0.374. The number of aromatic nitrogens is 2. The number of nitrogens with one attached hydrogen (secondary N) is 3. The zero-order valence-corrected chi connectivity index (χ0v) is 18.9. The van der Waals surface area contributed by atoms with Gasteiger partial charge in [-0.3, -0.25) is 14.4 Å². The Hall–Kier alpha value is -3.75. The van der Waals surface area contributed by atoms with Crippen LogP contribution < -0.4 is 20.9 Å². The summed E-state index contributed by atoms with van der Waals surface area (Å²) in [4.78, 5) is 43.8. The van der Waals surface area contributed by atoms with Crippen molar-refractivity contribution in [2.24, 2.45) is 0 Å². The van der Waals surface area contributed by atoms with E-state index in [1.165, 1.54) is 13.2 Å². The lowest BCUT2D eigenvalue weighted by Gasteiger charge is -2.29. The molecule has 3 aromatic rings. The zero-order valence-electron chi connectivity index (χ0n) is 18.9. The first-order valence-corrected chi connectivity index (χ1v) is 11.3. The monoisotopic (exact) mass is 466 g/mol. The summed E-state index contributed by atoms with van der Waals surface area (Å²) in [5, 5.41) is 6.32. The number of H-pyrrole nitrogens is 1. The Balaban J connectivity index is 1.35. The average Bonchev–Trinajstić information content (AvgIpc) is 3.20. The highest BCUT2D eigenvalue weighted by molar-refractivity contribution is 5.80. The lowest BCUT2D eigenvalue weighted by molar-refractivity contribution is -0.122. The number of benzene rings is 2. The Bertz CT molecular complexity index is 1280. The minimum atomic E-state index is -0.688. The van der Waals surface area contributed by atoms with E-state index in [2.05, 4.69) is 20.6 Å². The second-order valence-electron chi connectivity index (χ2n) is 8.59. The Kier molecular flexibility index (Phi) is 6.90. The quantitative estimate of drug-likeness (QED) is 0.448. The standard InChI is InChI=1S/C25H27FN4O4/c1-34-17-6-7-19(26)16(14-17)15-25(12-9-23(32)30-25)11-8-22(31)27-13-10-21-28-20-5-3-2-4-18(20)24(33)29-21/h2-7,14H,8-13,15H2,1H3,(H,27,31)(H,30,32)(H,28,29,33). The average molecular weight is 467 g/mol. The van der Waals surface area contributed by atoms with Crippen molar-refractivity contribution in [3.05, 3.63) is 70.0 Å². The van der Waals surface area contributed by atoms with Gasteiger partial charge in [0.15, 0.2) is 0 Å². The Morgan fingerprint density at radius 3 is 2.82 bits per heavy atom. The van der Waals surface area contributed by atoms with Gasteiger partial charge in [0.1, 0.15) is 17.4 Å². The number of hydrogen-bond donors (Lipinski definition) is 3. The molecule has 0 spiro atoms. The van der Waals surface area contributed by atoms with Gasteiger partial charge < -0.3 is 20.4 Å². The molecule has 34 heavy (non-hydrogen) atoms. The summed E-state index contributed by atoms with van der Waals surface area (Å²) in [6.45, 7) is 0.310. The van der Waals surface area contributed by atoms with E-state index in [1.807, 2.05) is 6.07 Å². The molecule has 1 saturated heterocycles. The van der Waals surface area contributed by atoms with Gasteiger partial charge in [-0.25, -0.2) is 9.37 Å². The number of hydrogen-bond acceptors (Lipinski definition) is 5. The molecule has 0 saturated carbocycles. The van der Waals surface area contributed by atoms with Gasteiger partial charge in [-0.1, -0.05) is 12.1 Å². The molecule has 9 heteroatoms. The fourth-order valence-corrected chi connectivity index (χ4v) is 4.37. The van der Waals surface area contributed by atoms with E-state index >= 15 is 0 Å². The fraction of sp³-hybridized carbons (Fsp3) is 0.360. The van der Waals surface area contributed by atoms with Crippen LogP contribution in [0.15, 0.2) is 47.3 Å². The van der Waals surface area contributed by atoms with Crippen molar-refractivity contribution in [1.82, 2.24) is 20.6 Å². The molecule has 1 atom stereocenters. The molecule has 0 aliphatic carbocycles. The highest BCUT2D eigenvalue weighted by Crippen LogP contribution is 2.31. The SMILES string of the molecule is COc1ccc(F)c(CC2(CCC(=O)NCCc3nc4ccccc4c(=O)[nH]3)CCC(=O)N2)c1. The Morgan fingerprint density at radius 2 is 2.06 bits per heavy atom. The van der Waals surface area contributed by atoms with Crippen LogP contribution in [0.1, 0.15) is 37.1 Å². The number of amides is 2. The van der Waals surface area contributed by atoms with Gasteiger partial charge in [0, 0.05) is 31.3 Å². The molecule has 3 N–H and O–H groups in total. The van der Waals surface area contributed by atoms with Crippen molar-refractivity contribution in [3.63, 3.8) is 0 Å². The highest BCUT2D eigenvalue weighted by Gasteiger charge is 2.38.